The van der Waals surface area contributed by atoms with Crippen molar-refractivity contribution in [3.63, 3.8) is 0 Å². The van der Waals surface area contributed by atoms with Crippen molar-refractivity contribution in [2.45, 2.75) is 32.8 Å². The number of amides is 2. The van der Waals surface area contributed by atoms with E-state index in [1.807, 2.05) is 31.2 Å². The first-order valence-electron chi connectivity index (χ1n) is 11.3. The molecule has 0 heterocycles. The number of ether oxygens (including phenoxy) is 2. The Bertz CT molecular complexity index is 1250. The number of nitrogens with zero attached hydrogens (tertiary/aromatic N) is 1. The zero-order chi connectivity index (χ0) is 25.9. The number of rotatable bonds is 11. The van der Waals surface area contributed by atoms with Gasteiger partial charge in [0.2, 0.25) is 11.8 Å². The second kappa shape index (κ2) is 13.5. The first kappa shape index (κ1) is 27.0. The number of halogens is 2. The van der Waals surface area contributed by atoms with Crippen LogP contribution in [0.5, 0.6) is 11.5 Å². The molecule has 0 aliphatic carbocycles. The first-order valence-corrected chi connectivity index (χ1v) is 12.0. The molecule has 0 unspecified atom stereocenters. The summed E-state index contributed by atoms with van der Waals surface area (Å²) in [6.07, 6.45) is 2.26. The number of carbonyl (C=O) groups is 2. The van der Waals surface area contributed by atoms with E-state index in [1.165, 1.54) is 6.21 Å². The van der Waals surface area contributed by atoms with Crippen LogP contribution in [0.4, 0.5) is 5.69 Å². The lowest BCUT2D eigenvalue weighted by Gasteiger charge is -2.12. The molecule has 0 saturated carbocycles. The maximum Gasteiger partial charge on any atom is 0.240 e. The van der Waals surface area contributed by atoms with Crippen molar-refractivity contribution in [2.75, 3.05) is 12.4 Å². The molecule has 0 aliphatic heterocycles. The largest absolute Gasteiger partial charge is 0.493 e. The van der Waals surface area contributed by atoms with Gasteiger partial charge in [0.25, 0.3) is 0 Å². The van der Waals surface area contributed by atoms with Crippen molar-refractivity contribution in [1.82, 2.24) is 5.43 Å². The van der Waals surface area contributed by atoms with Gasteiger partial charge in [-0.3, -0.25) is 9.59 Å². The molecular formula is C27H27Cl2N3O4. The number of hydrogen-bond donors (Lipinski definition) is 2. The van der Waals surface area contributed by atoms with Crippen molar-refractivity contribution in [2.24, 2.45) is 5.10 Å². The van der Waals surface area contributed by atoms with Gasteiger partial charge >= 0.3 is 0 Å². The monoisotopic (exact) mass is 527 g/mol. The third-order valence-electron chi connectivity index (χ3n) is 5.28. The third kappa shape index (κ3) is 8.00. The predicted molar refractivity (Wildman–Crippen MR) is 143 cm³/mol. The van der Waals surface area contributed by atoms with Crippen LogP contribution in [0.15, 0.2) is 65.8 Å². The van der Waals surface area contributed by atoms with Crippen LogP contribution in [0.1, 0.15) is 36.0 Å². The number of anilines is 1. The molecule has 0 aromatic heterocycles. The Morgan fingerprint density at radius 1 is 0.944 bits per heavy atom. The Kier molecular flexibility index (Phi) is 10.2. The summed E-state index contributed by atoms with van der Waals surface area (Å²) in [6.45, 7) is 2.14. The normalized spacial score (nSPS) is 10.8. The number of methoxy groups -OCH3 is 1. The van der Waals surface area contributed by atoms with Crippen molar-refractivity contribution in [3.05, 3.63) is 87.4 Å². The average Bonchev–Trinajstić information content (AvgIpc) is 2.86. The first-order chi connectivity index (χ1) is 17.4. The summed E-state index contributed by atoms with van der Waals surface area (Å²) in [6, 6.07) is 18.1. The summed E-state index contributed by atoms with van der Waals surface area (Å²) in [7, 11) is 1.55. The van der Waals surface area contributed by atoms with Crippen LogP contribution in [-0.2, 0) is 16.2 Å². The fourth-order valence-corrected chi connectivity index (χ4v) is 3.62. The molecule has 3 aromatic rings. The minimum atomic E-state index is -0.287. The Hall–Kier alpha value is -3.55. The third-order valence-corrected chi connectivity index (χ3v) is 6.06. The van der Waals surface area contributed by atoms with Crippen molar-refractivity contribution < 1.29 is 19.1 Å². The Morgan fingerprint density at radius 3 is 2.47 bits per heavy atom. The van der Waals surface area contributed by atoms with Gasteiger partial charge in [-0.05, 0) is 60.9 Å². The highest BCUT2D eigenvalue weighted by molar-refractivity contribution is 6.32. The second-order valence-corrected chi connectivity index (χ2v) is 8.71. The van der Waals surface area contributed by atoms with Gasteiger partial charge in [0, 0.05) is 34.1 Å². The lowest BCUT2D eigenvalue weighted by atomic mass is 10.2. The standard InChI is InChI=1S/C27H27Cl2N3O4/c1-18-21(28)9-5-10-23(18)31-26(33)11-6-12-27(34)32-30-16-19-13-14-24(25(15-19)35-2)36-17-20-7-3-4-8-22(20)29/h3-5,7-10,13-16H,6,11-12,17H2,1-2H3,(H,31,33)(H,32,34)/b30-16-. The molecule has 188 valence electrons. The summed E-state index contributed by atoms with van der Waals surface area (Å²) in [5, 5.41) is 8.01. The maximum atomic E-state index is 12.1. The van der Waals surface area contributed by atoms with Crippen LogP contribution in [-0.4, -0.2) is 25.1 Å². The molecule has 0 bridgehead atoms. The number of hydrazone groups is 1. The Balaban J connectivity index is 1.44. The smallest absolute Gasteiger partial charge is 0.240 e. The molecular weight excluding hydrogens is 501 g/mol. The van der Waals surface area contributed by atoms with Crippen LogP contribution >= 0.6 is 23.2 Å². The van der Waals surface area contributed by atoms with E-state index in [0.29, 0.717) is 45.8 Å². The summed E-state index contributed by atoms with van der Waals surface area (Å²) in [5.74, 6) is 0.619. The fourth-order valence-electron chi connectivity index (χ4n) is 3.25. The average molecular weight is 528 g/mol. The Morgan fingerprint density at radius 2 is 1.69 bits per heavy atom. The highest BCUT2D eigenvalue weighted by Crippen LogP contribution is 2.29. The number of nitrogens with one attached hydrogen (secondary N) is 2. The Labute approximate surface area is 220 Å². The van der Waals surface area contributed by atoms with Crippen molar-refractivity contribution >= 4 is 46.9 Å². The van der Waals surface area contributed by atoms with Crippen LogP contribution in [0.25, 0.3) is 0 Å². The predicted octanol–water partition coefficient (Wildman–Crippen LogP) is 6.15. The zero-order valence-electron chi connectivity index (χ0n) is 20.0. The van der Waals surface area contributed by atoms with Crippen LogP contribution in [0.2, 0.25) is 10.0 Å². The van der Waals surface area contributed by atoms with Crippen LogP contribution in [0.3, 0.4) is 0 Å². The molecule has 2 amide bonds. The van der Waals surface area contributed by atoms with Crippen molar-refractivity contribution in [3.8, 4) is 11.5 Å². The van der Waals surface area contributed by atoms with Crippen LogP contribution in [0, 0.1) is 6.92 Å². The van der Waals surface area contributed by atoms with E-state index in [9.17, 15) is 9.59 Å². The van der Waals surface area contributed by atoms with Gasteiger partial charge in [-0.2, -0.15) is 5.10 Å². The molecule has 0 atom stereocenters. The minimum absolute atomic E-state index is 0.164. The maximum absolute atomic E-state index is 12.1. The molecule has 0 radical (unpaired) electrons. The highest BCUT2D eigenvalue weighted by atomic mass is 35.5. The fraction of sp³-hybridized carbons (Fsp3) is 0.222. The molecule has 0 fully saturated rings. The van der Waals surface area contributed by atoms with Gasteiger partial charge in [0.05, 0.1) is 13.3 Å². The van der Waals surface area contributed by atoms with Gasteiger partial charge in [0.15, 0.2) is 11.5 Å². The highest BCUT2D eigenvalue weighted by Gasteiger charge is 2.09. The minimum Gasteiger partial charge on any atom is -0.493 e. The lowest BCUT2D eigenvalue weighted by molar-refractivity contribution is -0.121. The number of benzene rings is 3. The summed E-state index contributed by atoms with van der Waals surface area (Å²) < 4.78 is 11.3. The van der Waals surface area contributed by atoms with E-state index in [4.69, 9.17) is 32.7 Å². The molecule has 36 heavy (non-hydrogen) atoms. The molecule has 0 spiro atoms. The quantitative estimate of drug-likeness (QED) is 0.231. The SMILES string of the molecule is COc1cc(/C=N\NC(=O)CCCC(=O)Nc2cccc(Cl)c2C)ccc1OCc1ccccc1Cl. The summed E-state index contributed by atoms with van der Waals surface area (Å²) >= 11 is 12.2. The van der Waals surface area contributed by atoms with E-state index in [1.54, 1.807) is 43.5 Å². The molecule has 0 aliphatic rings. The molecule has 2 N–H and O–H groups in total. The molecule has 3 aromatic carbocycles. The summed E-state index contributed by atoms with van der Waals surface area (Å²) in [4.78, 5) is 24.2. The van der Waals surface area contributed by atoms with Crippen LogP contribution < -0.4 is 20.2 Å². The lowest BCUT2D eigenvalue weighted by Crippen LogP contribution is -2.18. The summed E-state index contributed by atoms with van der Waals surface area (Å²) in [5.41, 5.74) is 5.52. The van der Waals surface area contributed by atoms with Gasteiger partial charge < -0.3 is 14.8 Å². The second-order valence-electron chi connectivity index (χ2n) is 7.90. The molecule has 9 heteroatoms. The van der Waals surface area contributed by atoms with E-state index in [0.717, 1.165) is 11.1 Å². The van der Waals surface area contributed by atoms with E-state index in [2.05, 4.69) is 15.8 Å². The van der Waals surface area contributed by atoms with Crippen molar-refractivity contribution in [1.29, 1.82) is 0 Å². The number of hydrogen-bond acceptors (Lipinski definition) is 5. The zero-order valence-corrected chi connectivity index (χ0v) is 21.5. The van der Waals surface area contributed by atoms with E-state index in [-0.39, 0.29) is 24.7 Å². The van der Waals surface area contributed by atoms with Gasteiger partial charge in [-0.25, -0.2) is 5.43 Å². The van der Waals surface area contributed by atoms with Gasteiger partial charge in [-0.1, -0.05) is 47.5 Å². The van der Waals surface area contributed by atoms with E-state index >= 15 is 0 Å². The topological polar surface area (TPSA) is 89.0 Å². The molecule has 0 saturated heterocycles. The molecule has 3 rings (SSSR count). The van der Waals surface area contributed by atoms with Gasteiger partial charge in [-0.15, -0.1) is 0 Å². The molecule has 7 nitrogen and oxygen atoms in total. The van der Waals surface area contributed by atoms with E-state index < -0.39 is 0 Å². The van der Waals surface area contributed by atoms with Gasteiger partial charge in [0.1, 0.15) is 6.61 Å². The number of carbonyl (C=O) groups excluding carboxylic acids is 2.